The van der Waals surface area contributed by atoms with Gasteiger partial charge in [-0.2, -0.15) is 0 Å². The maximum absolute atomic E-state index is 11.5. The molecule has 6 rings (SSSR count). The van der Waals surface area contributed by atoms with Gasteiger partial charge in [0.2, 0.25) is 0 Å². The zero-order valence-corrected chi connectivity index (χ0v) is 16.1. The van der Waals surface area contributed by atoms with E-state index in [4.69, 9.17) is 0 Å². The molecular formula is C22H33NO3. The number of aliphatic hydroxyl groups excluding tert-OH is 3. The van der Waals surface area contributed by atoms with E-state index in [2.05, 4.69) is 25.3 Å². The second kappa shape index (κ2) is 4.59. The summed E-state index contributed by atoms with van der Waals surface area (Å²) in [5.41, 5.74) is 0.849. The van der Waals surface area contributed by atoms with Crippen molar-refractivity contribution in [1.29, 1.82) is 0 Å². The van der Waals surface area contributed by atoms with Gasteiger partial charge in [-0.25, -0.2) is 0 Å². The number of hydrogen-bond acceptors (Lipinski definition) is 4. The zero-order valence-electron chi connectivity index (χ0n) is 16.1. The van der Waals surface area contributed by atoms with Crippen molar-refractivity contribution in [3.8, 4) is 0 Å². The van der Waals surface area contributed by atoms with Gasteiger partial charge < -0.3 is 15.3 Å². The topological polar surface area (TPSA) is 63.9 Å². The Balaban J connectivity index is 1.61. The first kappa shape index (κ1) is 16.5. The van der Waals surface area contributed by atoms with Gasteiger partial charge in [0, 0.05) is 29.3 Å². The number of likely N-dealkylation sites (tertiary alicyclic amines) is 1. The van der Waals surface area contributed by atoms with Crippen molar-refractivity contribution in [2.24, 2.45) is 39.9 Å². The molecule has 4 nitrogen and oxygen atoms in total. The summed E-state index contributed by atoms with van der Waals surface area (Å²) in [6.07, 6.45) is 3.58. The van der Waals surface area contributed by atoms with Gasteiger partial charge in [0.1, 0.15) is 0 Å². The summed E-state index contributed by atoms with van der Waals surface area (Å²) in [6.45, 7) is 11.1. The van der Waals surface area contributed by atoms with Gasteiger partial charge in [-0.15, -0.1) is 0 Å². The standard InChI is InChI=1S/C22H33NO3/c1-4-23-10-20(3)6-5-17(25)22-15(20)7-13(18(22)23)21-9-12(11(2)19(21)26)14(24)8-16(21)22/h12-19,24-26H,2,4-10H2,1,3H3/t12-,13+,14+,15-,16-,17+,18?,19-,20+,21+,22+/m1/s1. The molecule has 1 heterocycles. The Morgan fingerprint density at radius 3 is 2.69 bits per heavy atom. The van der Waals surface area contributed by atoms with E-state index in [0.29, 0.717) is 17.9 Å². The molecule has 0 aromatic heterocycles. The van der Waals surface area contributed by atoms with Crippen LogP contribution < -0.4 is 0 Å². The average Bonchev–Trinajstić information content (AvgIpc) is 3.14. The van der Waals surface area contributed by atoms with Gasteiger partial charge in [0.15, 0.2) is 0 Å². The molecule has 0 aromatic rings. The fourth-order valence-electron chi connectivity index (χ4n) is 9.97. The molecule has 6 aliphatic rings. The average molecular weight is 360 g/mol. The van der Waals surface area contributed by atoms with Crippen LogP contribution in [-0.4, -0.2) is 57.7 Å². The van der Waals surface area contributed by atoms with Gasteiger partial charge in [0.25, 0.3) is 0 Å². The van der Waals surface area contributed by atoms with Crippen molar-refractivity contribution in [2.75, 3.05) is 13.1 Å². The van der Waals surface area contributed by atoms with Gasteiger partial charge in [-0.3, -0.25) is 4.90 Å². The third-order valence-corrected chi connectivity index (χ3v) is 10.6. The normalized spacial score (nSPS) is 65.5. The van der Waals surface area contributed by atoms with E-state index < -0.39 is 12.2 Å². The summed E-state index contributed by atoms with van der Waals surface area (Å²) in [4.78, 5) is 2.65. The Kier molecular flexibility index (Phi) is 2.92. The maximum atomic E-state index is 11.5. The van der Waals surface area contributed by atoms with Crippen molar-refractivity contribution in [3.05, 3.63) is 12.2 Å². The molecule has 144 valence electrons. The number of hydrogen-bond donors (Lipinski definition) is 3. The Morgan fingerprint density at radius 1 is 1.19 bits per heavy atom. The number of nitrogens with zero attached hydrogens (tertiary/aromatic N) is 1. The van der Waals surface area contributed by atoms with Crippen LogP contribution in [0.1, 0.15) is 46.0 Å². The number of aliphatic hydroxyl groups is 3. The second-order valence-corrected chi connectivity index (χ2v) is 10.9. The minimum absolute atomic E-state index is 0.0547. The summed E-state index contributed by atoms with van der Waals surface area (Å²) in [5, 5.41) is 33.8. The highest BCUT2D eigenvalue weighted by Crippen LogP contribution is 2.83. The molecule has 1 saturated heterocycles. The zero-order chi connectivity index (χ0) is 18.2. The largest absolute Gasteiger partial charge is 0.392 e. The minimum atomic E-state index is -0.500. The van der Waals surface area contributed by atoms with E-state index >= 15 is 0 Å². The highest BCUT2D eigenvalue weighted by atomic mass is 16.3. The molecule has 5 saturated carbocycles. The van der Waals surface area contributed by atoms with Crippen LogP contribution in [0.4, 0.5) is 0 Å². The number of piperidine rings is 1. The first-order valence-electron chi connectivity index (χ1n) is 10.8. The first-order valence-corrected chi connectivity index (χ1v) is 10.8. The molecule has 4 heteroatoms. The van der Waals surface area contributed by atoms with Crippen LogP contribution in [0.2, 0.25) is 0 Å². The molecule has 1 aliphatic heterocycles. The van der Waals surface area contributed by atoms with Crippen LogP contribution in [0, 0.1) is 39.9 Å². The maximum Gasteiger partial charge on any atom is 0.0813 e. The minimum Gasteiger partial charge on any atom is -0.392 e. The summed E-state index contributed by atoms with van der Waals surface area (Å²) in [5.74, 6) is 1.26. The molecule has 3 N–H and O–H groups in total. The summed E-state index contributed by atoms with van der Waals surface area (Å²) < 4.78 is 0. The lowest BCUT2D eigenvalue weighted by Crippen LogP contribution is -2.68. The molecule has 0 amide bonds. The van der Waals surface area contributed by atoms with Crippen molar-refractivity contribution < 1.29 is 15.3 Å². The van der Waals surface area contributed by atoms with Gasteiger partial charge >= 0.3 is 0 Å². The van der Waals surface area contributed by atoms with Crippen molar-refractivity contribution in [2.45, 2.75) is 70.3 Å². The predicted molar refractivity (Wildman–Crippen MR) is 98.2 cm³/mol. The van der Waals surface area contributed by atoms with Crippen LogP contribution in [0.15, 0.2) is 12.2 Å². The molecule has 1 unspecified atom stereocenters. The van der Waals surface area contributed by atoms with Crippen LogP contribution in [-0.2, 0) is 0 Å². The molecular weight excluding hydrogens is 326 g/mol. The lowest BCUT2D eigenvalue weighted by molar-refractivity contribution is -0.218. The van der Waals surface area contributed by atoms with E-state index in [0.717, 1.165) is 50.8 Å². The predicted octanol–water partition coefficient (Wildman–Crippen LogP) is 1.79. The lowest BCUT2D eigenvalue weighted by Gasteiger charge is -2.65. The number of fused-ring (bicyclic) bond motifs is 1. The number of rotatable bonds is 1. The van der Waals surface area contributed by atoms with Crippen LogP contribution in [0.25, 0.3) is 0 Å². The summed E-state index contributed by atoms with van der Waals surface area (Å²) in [6, 6.07) is 0.373. The fraction of sp³-hybridized carbons (Fsp3) is 0.909. The third-order valence-electron chi connectivity index (χ3n) is 10.6. The fourth-order valence-corrected chi connectivity index (χ4v) is 9.97. The summed E-state index contributed by atoms with van der Waals surface area (Å²) >= 11 is 0. The smallest absolute Gasteiger partial charge is 0.0813 e. The van der Waals surface area contributed by atoms with E-state index in [1.165, 1.54) is 0 Å². The molecule has 7 bridgehead atoms. The van der Waals surface area contributed by atoms with Crippen molar-refractivity contribution >= 4 is 0 Å². The quantitative estimate of drug-likeness (QED) is 0.625. The van der Waals surface area contributed by atoms with Crippen molar-refractivity contribution in [1.82, 2.24) is 4.90 Å². The molecule has 2 spiro atoms. The van der Waals surface area contributed by atoms with Crippen LogP contribution in [0.3, 0.4) is 0 Å². The highest BCUT2D eigenvalue weighted by molar-refractivity contribution is 5.39. The van der Waals surface area contributed by atoms with E-state index in [9.17, 15) is 15.3 Å². The van der Waals surface area contributed by atoms with Gasteiger partial charge in [-0.05, 0) is 67.4 Å². The molecule has 11 atom stereocenters. The van der Waals surface area contributed by atoms with E-state index in [1.807, 2.05) is 0 Å². The molecule has 0 aromatic carbocycles. The Hall–Kier alpha value is -0.420. The molecule has 26 heavy (non-hydrogen) atoms. The third kappa shape index (κ3) is 1.37. The molecule has 6 fully saturated rings. The van der Waals surface area contributed by atoms with Crippen LogP contribution >= 0.6 is 0 Å². The monoisotopic (exact) mass is 359 g/mol. The Bertz CT molecular complexity index is 695. The van der Waals surface area contributed by atoms with E-state index in [1.54, 1.807) is 0 Å². The Labute approximate surface area is 156 Å². The molecule has 0 radical (unpaired) electrons. The van der Waals surface area contributed by atoms with E-state index in [-0.39, 0.29) is 34.2 Å². The van der Waals surface area contributed by atoms with Gasteiger partial charge in [0.05, 0.1) is 18.3 Å². The molecule has 5 aliphatic carbocycles. The highest BCUT2D eigenvalue weighted by Gasteiger charge is 2.85. The second-order valence-electron chi connectivity index (χ2n) is 10.9. The van der Waals surface area contributed by atoms with Gasteiger partial charge in [-0.1, -0.05) is 20.4 Å². The first-order chi connectivity index (χ1) is 12.3. The Morgan fingerprint density at radius 2 is 1.96 bits per heavy atom. The van der Waals surface area contributed by atoms with Crippen molar-refractivity contribution in [3.63, 3.8) is 0 Å². The SMILES string of the molecule is C=C1[C@H]2C[C@@]3([C@@H]1O)[C@@H](C[C@@H]2O)[C@@]12C4[C@@H]3C[C@@H]1[C@@](C)(CC[C@@H]2O)CN4CC. The van der Waals surface area contributed by atoms with Crippen LogP contribution in [0.5, 0.6) is 0 Å². The lowest BCUT2D eigenvalue weighted by atomic mass is 9.43. The summed E-state index contributed by atoms with van der Waals surface area (Å²) in [7, 11) is 0.